The Hall–Kier alpha value is -2.93. The molecule has 1 saturated heterocycles. The third-order valence-corrected chi connectivity index (χ3v) is 4.75. The summed E-state index contributed by atoms with van der Waals surface area (Å²) in [5.74, 6) is 1.74. The first kappa shape index (κ1) is 17.5. The van der Waals surface area contributed by atoms with Crippen LogP contribution in [0.3, 0.4) is 0 Å². The van der Waals surface area contributed by atoms with E-state index in [0.717, 1.165) is 49.6 Å². The van der Waals surface area contributed by atoms with E-state index in [2.05, 4.69) is 47.3 Å². The molecule has 1 unspecified atom stereocenters. The number of piperidine rings is 1. The average Bonchev–Trinajstić information content (AvgIpc) is 2.70. The second kappa shape index (κ2) is 8.18. The van der Waals surface area contributed by atoms with Gasteiger partial charge in [0.05, 0.1) is 30.0 Å². The summed E-state index contributed by atoms with van der Waals surface area (Å²) < 4.78 is 0. The van der Waals surface area contributed by atoms with E-state index in [0.29, 0.717) is 17.6 Å². The Bertz CT molecular complexity index is 867. The molecule has 27 heavy (non-hydrogen) atoms. The quantitative estimate of drug-likeness (QED) is 0.748. The van der Waals surface area contributed by atoms with Crippen molar-refractivity contribution in [3.05, 3.63) is 66.3 Å². The molecule has 138 valence electrons. The lowest BCUT2D eigenvalue weighted by molar-refractivity contribution is 0.196. The van der Waals surface area contributed by atoms with Gasteiger partial charge in [-0.2, -0.15) is 0 Å². The predicted molar refractivity (Wildman–Crippen MR) is 104 cm³/mol. The summed E-state index contributed by atoms with van der Waals surface area (Å²) in [6.45, 7) is 5.01. The van der Waals surface area contributed by atoms with Gasteiger partial charge >= 0.3 is 0 Å². The van der Waals surface area contributed by atoms with Crippen LogP contribution < -0.4 is 5.32 Å². The van der Waals surface area contributed by atoms with Crippen LogP contribution in [0.2, 0.25) is 0 Å². The minimum absolute atomic E-state index is 0.404. The lowest BCUT2D eigenvalue weighted by Gasteiger charge is -2.32. The van der Waals surface area contributed by atoms with Crippen LogP contribution in [-0.2, 0) is 6.54 Å². The van der Waals surface area contributed by atoms with Gasteiger partial charge in [0.25, 0.3) is 0 Å². The third-order valence-electron chi connectivity index (χ3n) is 4.75. The topological polar surface area (TPSA) is 79.7 Å². The van der Waals surface area contributed by atoms with Gasteiger partial charge in [0.1, 0.15) is 11.6 Å². The van der Waals surface area contributed by atoms with E-state index < -0.39 is 0 Å². The number of pyridine rings is 1. The smallest absolute Gasteiger partial charge is 0.150 e. The second-order valence-corrected chi connectivity index (χ2v) is 6.89. The lowest BCUT2D eigenvalue weighted by Crippen LogP contribution is -2.34. The van der Waals surface area contributed by atoms with Crippen LogP contribution in [0.1, 0.15) is 35.8 Å². The molecular weight excluding hydrogens is 338 g/mol. The van der Waals surface area contributed by atoms with Crippen molar-refractivity contribution in [2.24, 2.45) is 0 Å². The second-order valence-electron chi connectivity index (χ2n) is 6.89. The molecular formula is C20H23N7. The van der Waals surface area contributed by atoms with Gasteiger partial charge in [-0.25, -0.2) is 9.97 Å². The molecule has 1 atom stereocenters. The number of likely N-dealkylation sites (tertiary alicyclic amines) is 1. The lowest BCUT2D eigenvalue weighted by atomic mass is 9.95. The molecule has 0 aliphatic carbocycles. The van der Waals surface area contributed by atoms with Gasteiger partial charge in [-0.3, -0.25) is 19.9 Å². The molecule has 0 radical (unpaired) electrons. The molecule has 0 saturated carbocycles. The molecule has 7 heteroatoms. The highest BCUT2D eigenvalue weighted by atomic mass is 15.1. The minimum atomic E-state index is 0.404. The van der Waals surface area contributed by atoms with E-state index >= 15 is 0 Å². The van der Waals surface area contributed by atoms with Gasteiger partial charge in [-0.15, -0.1) is 0 Å². The van der Waals surface area contributed by atoms with Crippen molar-refractivity contribution in [2.75, 3.05) is 18.4 Å². The summed E-state index contributed by atoms with van der Waals surface area (Å²) in [7, 11) is 0. The number of anilines is 2. The summed E-state index contributed by atoms with van der Waals surface area (Å²) >= 11 is 0. The van der Waals surface area contributed by atoms with Crippen molar-refractivity contribution in [1.82, 2.24) is 29.8 Å². The summed E-state index contributed by atoms with van der Waals surface area (Å²) in [4.78, 5) is 24.4. The van der Waals surface area contributed by atoms with Gasteiger partial charge in [0.15, 0.2) is 0 Å². The summed E-state index contributed by atoms with van der Waals surface area (Å²) in [6.07, 6.45) is 10.9. The van der Waals surface area contributed by atoms with Crippen molar-refractivity contribution >= 4 is 11.6 Å². The molecule has 4 heterocycles. The van der Waals surface area contributed by atoms with Gasteiger partial charge < -0.3 is 5.32 Å². The van der Waals surface area contributed by atoms with Crippen molar-refractivity contribution in [3.63, 3.8) is 0 Å². The minimum Gasteiger partial charge on any atom is -0.322 e. The zero-order valence-corrected chi connectivity index (χ0v) is 15.4. The first-order chi connectivity index (χ1) is 13.3. The number of nitrogens with one attached hydrogen (secondary N) is 1. The first-order valence-corrected chi connectivity index (χ1v) is 9.26. The number of aryl methyl sites for hydroxylation is 1. The summed E-state index contributed by atoms with van der Waals surface area (Å²) in [5, 5.41) is 3.11. The molecule has 1 N–H and O–H groups in total. The molecule has 0 bridgehead atoms. The Morgan fingerprint density at radius 1 is 1.07 bits per heavy atom. The van der Waals surface area contributed by atoms with Crippen molar-refractivity contribution in [3.8, 4) is 0 Å². The van der Waals surface area contributed by atoms with E-state index in [1.54, 1.807) is 24.8 Å². The zero-order chi connectivity index (χ0) is 18.5. The van der Waals surface area contributed by atoms with Crippen LogP contribution in [0, 0.1) is 6.92 Å². The van der Waals surface area contributed by atoms with Crippen LogP contribution in [0.5, 0.6) is 0 Å². The normalized spacial score (nSPS) is 17.6. The van der Waals surface area contributed by atoms with E-state index in [9.17, 15) is 0 Å². The van der Waals surface area contributed by atoms with Gasteiger partial charge in [0.2, 0.25) is 0 Å². The number of hydrogen-bond acceptors (Lipinski definition) is 7. The Balaban J connectivity index is 1.39. The maximum absolute atomic E-state index is 4.64. The Kier molecular flexibility index (Phi) is 5.29. The van der Waals surface area contributed by atoms with Crippen LogP contribution in [0.4, 0.5) is 11.6 Å². The average molecular weight is 361 g/mol. The van der Waals surface area contributed by atoms with Crippen molar-refractivity contribution in [1.29, 1.82) is 0 Å². The predicted octanol–water partition coefficient (Wildman–Crippen LogP) is 3.09. The maximum Gasteiger partial charge on any atom is 0.150 e. The van der Waals surface area contributed by atoms with Crippen molar-refractivity contribution in [2.45, 2.75) is 32.2 Å². The molecule has 1 aliphatic heterocycles. The number of rotatable bonds is 5. The standard InChI is InChI=1S/C20H23N7/c1-15-4-2-6-17(25-15)14-27-9-3-5-16(13-27)18-10-24-20(12-23-18)26-19-11-21-7-8-22-19/h2,4,6-8,10-12,16H,3,5,9,13-14H2,1H3,(H,22,24,26). The fraction of sp³-hybridized carbons (Fsp3) is 0.350. The van der Waals surface area contributed by atoms with E-state index in [4.69, 9.17) is 0 Å². The molecule has 4 rings (SSSR count). The Labute approximate surface area is 159 Å². The first-order valence-electron chi connectivity index (χ1n) is 9.26. The zero-order valence-electron chi connectivity index (χ0n) is 15.4. The summed E-state index contributed by atoms with van der Waals surface area (Å²) in [6, 6.07) is 6.21. The molecule has 3 aromatic rings. The number of aromatic nitrogens is 5. The van der Waals surface area contributed by atoms with E-state index in [1.165, 1.54) is 0 Å². The molecule has 3 aromatic heterocycles. The molecule has 0 spiro atoms. The number of hydrogen-bond donors (Lipinski definition) is 1. The Morgan fingerprint density at radius 3 is 2.78 bits per heavy atom. The monoisotopic (exact) mass is 361 g/mol. The van der Waals surface area contributed by atoms with Crippen molar-refractivity contribution < 1.29 is 0 Å². The molecule has 1 fully saturated rings. The van der Waals surface area contributed by atoms with Crippen LogP contribution in [-0.4, -0.2) is 42.9 Å². The van der Waals surface area contributed by atoms with Gasteiger partial charge in [0, 0.05) is 37.1 Å². The van der Waals surface area contributed by atoms with E-state index in [1.807, 2.05) is 19.2 Å². The Morgan fingerprint density at radius 2 is 2.00 bits per heavy atom. The molecule has 0 aromatic carbocycles. The molecule has 0 amide bonds. The van der Waals surface area contributed by atoms with Crippen LogP contribution in [0.25, 0.3) is 0 Å². The number of nitrogens with zero attached hydrogens (tertiary/aromatic N) is 6. The fourth-order valence-electron chi connectivity index (χ4n) is 3.47. The molecule has 7 nitrogen and oxygen atoms in total. The summed E-state index contributed by atoms with van der Waals surface area (Å²) in [5.41, 5.74) is 3.24. The fourth-order valence-corrected chi connectivity index (χ4v) is 3.47. The molecule has 1 aliphatic rings. The van der Waals surface area contributed by atoms with E-state index in [-0.39, 0.29) is 0 Å². The highest BCUT2D eigenvalue weighted by Gasteiger charge is 2.23. The largest absolute Gasteiger partial charge is 0.322 e. The van der Waals surface area contributed by atoms with Gasteiger partial charge in [-0.1, -0.05) is 6.07 Å². The SMILES string of the molecule is Cc1cccc(CN2CCCC(c3cnc(Nc4cnccn4)cn3)C2)n1. The van der Waals surface area contributed by atoms with Crippen LogP contribution >= 0.6 is 0 Å². The van der Waals surface area contributed by atoms with Gasteiger partial charge in [-0.05, 0) is 38.4 Å². The maximum atomic E-state index is 4.64. The van der Waals surface area contributed by atoms with Crippen LogP contribution in [0.15, 0.2) is 49.2 Å². The highest BCUT2D eigenvalue weighted by Crippen LogP contribution is 2.26. The highest BCUT2D eigenvalue weighted by molar-refractivity contribution is 5.48. The third kappa shape index (κ3) is 4.62.